The van der Waals surface area contributed by atoms with Crippen LogP contribution in [0.5, 0.6) is 0 Å². The summed E-state index contributed by atoms with van der Waals surface area (Å²) in [5.41, 5.74) is 2.02. The van der Waals surface area contributed by atoms with Gasteiger partial charge in [0.1, 0.15) is 0 Å². The van der Waals surface area contributed by atoms with E-state index in [-0.39, 0.29) is 5.56 Å². The third-order valence-electron chi connectivity index (χ3n) is 2.27. The van der Waals surface area contributed by atoms with Gasteiger partial charge >= 0.3 is 0 Å². The lowest BCUT2D eigenvalue weighted by molar-refractivity contribution is 0.868. The Bertz CT molecular complexity index is 480. The molecule has 0 saturated carbocycles. The topological polar surface area (TPSA) is 48.6 Å². The zero-order chi connectivity index (χ0) is 13.4. The van der Waals surface area contributed by atoms with Crippen molar-refractivity contribution in [3.05, 3.63) is 34.1 Å². The highest BCUT2D eigenvalue weighted by Gasteiger charge is 2.03. The number of H-pyrrole nitrogens is 2. The molecule has 1 heterocycles. The molecule has 0 atom stereocenters. The van der Waals surface area contributed by atoms with Crippen LogP contribution in [0, 0.1) is 0 Å². The first-order chi connectivity index (χ1) is 8.18. The Labute approximate surface area is 103 Å². The molecule has 2 aromatic rings. The van der Waals surface area contributed by atoms with Gasteiger partial charge < -0.3 is 0 Å². The lowest BCUT2D eigenvalue weighted by atomic mass is 10.0. The maximum absolute atomic E-state index is 11.3. The molecule has 2 rings (SSSR count). The van der Waals surface area contributed by atoms with Gasteiger partial charge in [0.15, 0.2) is 0 Å². The van der Waals surface area contributed by atoms with Crippen molar-refractivity contribution in [1.82, 2.24) is 10.2 Å². The van der Waals surface area contributed by atoms with E-state index in [2.05, 4.69) is 24.0 Å². The largest absolute Gasteiger partial charge is 0.298 e. The van der Waals surface area contributed by atoms with Crippen LogP contribution in [0.4, 0.5) is 0 Å². The minimum atomic E-state index is -0.0440. The molecule has 0 fully saturated rings. The van der Waals surface area contributed by atoms with E-state index in [9.17, 15) is 4.79 Å². The fourth-order valence-electron chi connectivity index (χ4n) is 1.41. The molecular formula is C14H24N2O. The van der Waals surface area contributed by atoms with Crippen molar-refractivity contribution in [1.29, 1.82) is 0 Å². The van der Waals surface area contributed by atoms with Gasteiger partial charge in [0.25, 0.3) is 5.56 Å². The van der Waals surface area contributed by atoms with E-state index in [0.717, 1.165) is 10.9 Å². The van der Waals surface area contributed by atoms with E-state index < -0.39 is 0 Å². The third-order valence-corrected chi connectivity index (χ3v) is 2.27. The molecular weight excluding hydrogens is 212 g/mol. The van der Waals surface area contributed by atoms with Crippen LogP contribution < -0.4 is 5.56 Å². The number of aromatic amines is 2. The molecule has 0 amide bonds. The summed E-state index contributed by atoms with van der Waals surface area (Å²) in [6.45, 7) is 12.2. The monoisotopic (exact) mass is 236 g/mol. The first-order valence-corrected chi connectivity index (χ1v) is 6.39. The van der Waals surface area contributed by atoms with E-state index in [1.54, 1.807) is 0 Å². The van der Waals surface area contributed by atoms with Gasteiger partial charge in [-0.3, -0.25) is 15.0 Å². The van der Waals surface area contributed by atoms with E-state index in [4.69, 9.17) is 0 Å². The Hall–Kier alpha value is -1.51. The highest BCUT2D eigenvalue weighted by atomic mass is 16.1. The number of fused-ring (bicyclic) bond motifs is 1. The summed E-state index contributed by atoms with van der Waals surface area (Å²) in [7, 11) is 0. The molecule has 3 nitrogen and oxygen atoms in total. The average Bonchev–Trinajstić information content (AvgIpc) is 2.75. The van der Waals surface area contributed by atoms with Gasteiger partial charge in [-0.25, -0.2) is 0 Å². The highest BCUT2D eigenvalue weighted by Crippen LogP contribution is 2.17. The maximum atomic E-state index is 11.3. The molecule has 1 aromatic carbocycles. The number of rotatable bonds is 1. The van der Waals surface area contributed by atoms with Crippen LogP contribution in [0.1, 0.15) is 53.0 Å². The molecule has 17 heavy (non-hydrogen) atoms. The summed E-state index contributed by atoms with van der Waals surface area (Å²) in [6, 6.07) is 5.91. The van der Waals surface area contributed by atoms with Crippen LogP contribution >= 0.6 is 0 Å². The third kappa shape index (κ3) is 3.77. The second kappa shape index (κ2) is 7.71. The molecule has 0 saturated heterocycles. The van der Waals surface area contributed by atoms with Gasteiger partial charge in [-0.2, -0.15) is 0 Å². The van der Waals surface area contributed by atoms with E-state index >= 15 is 0 Å². The first-order valence-electron chi connectivity index (χ1n) is 6.39. The standard InChI is InChI=1S/C10H12N2O.2C2H6/c1-6(2)7-3-4-9-8(5-7)10(13)12-11-9;2*1-2/h3-6H,1-2H3,(H2,11,12,13);2*1-2H3. The Morgan fingerprint density at radius 1 is 1.00 bits per heavy atom. The molecule has 0 radical (unpaired) electrons. The van der Waals surface area contributed by atoms with Crippen molar-refractivity contribution >= 4 is 10.9 Å². The highest BCUT2D eigenvalue weighted by molar-refractivity contribution is 5.78. The molecule has 0 aliphatic rings. The van der Waals surface area contributed by atoms with Gasteiger partial charge in [0.05, 0.1) is 10.9 Å². The van der Waals surface area contributed by atoms with Crippen LogP contribution in [0.2, 0.25) is 0 Å². The van der Waals surface area contributed by atoms with Crippen molar-refractivity contribution in [3.8, 4) is 0 Å². The Morgan fingerprint density at radius 3 is 2.12 bits per heavy atom. The van der Waals surface area contributed by atoms with Gasteiger partial charge in [0, 0.05) is 0 Å². The Morgan fingerprint density at radius 2 is 1.59 bits per heavy atom. The number of hydrogen-bond donors (Lipinski definition) is 2. The van der Waals surface area contributed by atoms with Gasteiger partial charge in [-0.15, -0.1) is 0 Å². The second-order valence-electron chi connectivity index (χ2n) is 3.54. The molecule has 0 bridgehead atoms. The van der Waals surface area contributed by atoms with Crippen LogP contribution in [-0.2, 0) is 0 Å². The fraction of sp³-hybridized carbons (Fsp3) is 0.500. The quantitative estimate of drug-likeness (QED) is 0.771. The van der Waals surface area contributed by atoms with Crippen LogP contribution in [-0.4, -0.2) is 10.2 Å². The molecule has 0 aliphatic carbocycles. The van der Waals surface area contributed by atoms with Crippen LogP contribution in [0.3, 0.4) is 0 Å². The molecule has 96 valence electrons. The molecule has 0 aliphatic heterocycles. The number of aromatic nitrogens is 2. The van der Waals surface area contributed by atoms with Crippen molar-refractivity contribution < 1.29 is 0 Å². The second-order valence-corrected chi connectivity index (χ2v) is 3.54. The zero-order valence-electron chi connectivity index (χ0n) is 11.7. The fourth-order valence-corrected chi connectivity index (χ4v) is 1.41. The maximum Gasteiger partial charge on any atom is 0.271 e. The lowest BCUT2D eigenvalue weighted by Gasteiger charge is -2.03. The van der Waals surface area contributed by atoms with Gasteiger partial charge in [0.2, 0.25) is 0 Å². The van der Waals surface area contributed by atoms with Crippen molar-refractivity contribution in [2.45, 2.75) is 47.5 Å². The van der Waals surface area contributed by atoms with Crippen molar-refractivity contribution in [2.75, 3.05) is 0 Å². The molecule has 3 heteroatoms. The number of nitrogens with one attached hydrogen (secondary N) is 2. The summed E-state index contributed by atoms with van der Waals surface area (Å²) in [4.78, 5) is 11.3. The zero-order valence-corrected chi connectivity index (χ0v) is 11.7. The van der Waals surface area contributed by atoms with Gasteiger partial charge in [-0.05, 0) is 23.6 Å². The van der Waals surface area contributed by atoms with Crippen molar-refractivity contribution in [2.24, 2.45) is 0 Å². The summed E-state index contributed by atoms with van der Waals surface area (Å²) in [5.74, 6) is 0.457. The predicted octanol–water partition coefficient (Wildman–Crippen LogP) is 4.03. The summed E-state index contributed by atoms with van der Waals surface area (Å²) in [6.07, 6.45) is 0. The average molecular weight is 236 g/mol. The molecule has 0 unspecified atom stereocenters. The van der Waals surface area contributed by atoms with E-state index in [0.29, 0.717) is 5.92 Å². The number of hydrogen-bond acceptors (Lipinski definition) is 1. The Kier molecular flexibility index (Phi) is 7.03. The van der Waals surface area contributed by atoms with Crippen LogP contribution in [0.25, 0.3) is 10.9 Å². The van der Waals surface area contributed by atoms with Crippen LogP contribution in [0.15, 0.2) is 23.0 Å². The van der Waals surface area contributed by atoms with E-state index in [1.807, 2.05) is 45.9 Å². The van der Waals surface area contributed by atoms with Gasteiger partial charge in [-0.1, -0.05) is 47.6 Å². The van der Waals surface area contributed by atoms with Crippen molar-refractivity contribution in [3.63, 3.8) is 0 Å². The normalized spacial score (nSPS) is 9.35. The molecule has 2 N–H and O–H groups in total. The SMILES string of the molecule is CC.CC.CC(C)c1ccc2[nH][nH]c(=O)c2c1. The Balaban J connectivity index is 0.000000581. The number of benzene rings is 1. The smallest absolute Gasteiger partial charge is 0.271 e. The summed E-state index contributed by atoms with van der Waals surface area (Å²) < 4.78 is 0. The molecule has 0 spiro atoms. The predicted molar refractivity (Wildman–Crippen MR) is 75.7 cm³/mol. The summed E-state index contributed by atoms with van der Waals surface area (Å²) in [5, 5.41) is 6.12. The summed E-state index contributed by atoms with van der Waals surface area (Å²) >= 11 is 0. The minimum Gasteiger partial charge on any atom is -0.298 e. The lowest BCUT2D eigenvalue weighted by Crippen LogP contribution is -1.98. The molecule has 1 aromatic heterocycles. The first kappa shape index (κ1) is 15.5. The minimum absolute atomic E-state index is 0.0440. The van der Waals surface area contributed by atoms with E-state index in [1.165, 1.54) is 5.56 Å².